The highest BCUT2D eigenvalue weighted by molar-refractivity contribution is 7.94. The summed E-state index contributed by atoms with van der Waals surface area (Å²) >= 11 is 0. The van der Waals surface area contributed by atoms with Gasteiger partial charge in [0.15, 0.2) is 27.4 Å². The first kappa shape index (κ1) is 23.0. The molecule has 0 aliphatic carbocycles. The molecule has 32 heavy (non-hydrogen) atoms. The van der Waals surface area contributed by atoms with E-state index in [-0.39, 0.29) is 12.0 Å². The van der Waals surface area contributed by atoms with Gasteiger partial charge in [-0.3, -0.25) is 14.4 Å². The first-order chi connectivity index (χ1) is 14.8. The molecule has 2 saturated heterocycles. The first-order valence-electron chi connectivity index (χ1n) is 9.25. The number of carbonyl (C=O) groups excluding carboxylic acids is 3. The lowest BCUT2D eigenvalue weighted by atomic mass is 9.97. The van der Waals surface area contributed by atoms with Crippen LogP contribution in [-0.2, 0) is 24.2 Å². The van der Waals surface area contributed by atoms with Crippen molar-refractivity contribution in [1.82, 2.24) is 15.6 Å². The average Bonchev–Trinajstić information content (AvgIpc) is 2.84. The van der Waals surface area contributed by atoms with E-state index in [1.54, 1.807) is 0 Å². The minimum absolute atomic E-state index is 0.0356. The van der Waals surface area contributed by atoms with Crippen LogP contribution in [0.25, 0.3) is 0 Å². The predicted molar refractivity (Wildman–Crippen MR) is 107 cm³/mol. The third-order valence-corrected chi connectivity index (χ3v) is 8.11. The van der Waals surface area contributed by atoms with Crippen LogP contribution in [0.4, 0.5) is 0 Å². The number of phenolic OH excluding ortho intramolecular Hbond substituents is 2. The second-order valence-electron chi connectivity index (χ2n) is 7.56. The number of nitrogens with one attached hydrogen (secondary N) is 2. The molecular formula is C18H20N4O9S. The van der Waals surface area contributed by atoms with Crippen molar-refractivity contribution in [3.63, 3.8) is 0 Å². The molecule has 1 unspecified atom stereocenters. The second-order valence-corrected chi connectivity index (χ2v) is 10.1. The second kappa shape index (κ2) is 7.78. The van der Waals surface area contributed by atoms with E-state index in [0.29, 0.717) is 0 Å². The monoisotopic (exact) mass is 468 g/mol. The number of carboxylic acids is 1. The van der Waals surface area contributed by atoms with Gasteiger partial charge in [-0.05, 0) is 32.0 Å². The molecule has 3 rings (SSSR count). The zero-order valence-electron chi connectivity index (χ0n) is 16.8. The Morgan fingerprint density at radius 3 is 2.50 bits per heavy atom. The van der Waals surface area contributed by atoms with E-state index in [1.807, 2.05) is 5.43 Å². The molecule has 2 aliphatic rings. The highest BCUT2D eigenvalue weighted by Crippen LogP contribution is 2.45. The number of aromatic hydroxyl groups is 2. The standard InChI is InChI=1S/C18H20N4O9S/c1-8(20-16(27)9-3-4-10(23)11(24)5-9)15(26)21-19-7-18(2)14(17(28)29)22-12(25)6-13(22)32(18,30)31/h3-5,7-8,13-14,23-24H,6H2,1-2H3,(H,20,27)(H,21,26)(H,28,29)/b19-7+/t8?,13-,14+,18+/m1/s1. The summed E-state index contributed by atoms with van der Waals surface area (Å²) in [5.74, 6) is -4.68. The third-order valence-electron chi connectivity index (χ3n) is 5.45. The normalized spacial score (nSPS) is 26.8. The number of benzene rings is 1. The fourth-order valence-corrected chi connectivity index (χ4v) is 5.75. The number of hydrogen-bond donors (Lipinski definition) is 5. The van der Waals surface area contributed by atoms with Crippen LogP contribution in [0.1, 0.15) is 30.6 Å². The molecule has 4 atom stereocenters. The van der Waals surface area contributed by atoms with Gasteiger partial charge >= 0.3 is 5.97 Å². The summed E-state index contributed by atoms with van der Waals surface area (Å²) in [4.78, 5) is 48.6. The lowest BCUT2D eigenvalue weighted by Crippen LogP contribution is -2.57. The SMILES string of the molecule is CC(NC(=O)c1ccc(O)c(O)c1)C(=O)N/N=C/[C@@]1(C)[C@H](C(=O)O)N2C(=O)C[C@H]2S1(=O)=O. The summed E-state index contributed by atoms with van der Waals surface area (Å²) in [6.45, 7) is 2.41. The van der Waals surface area contributed by atoms with Crippen molar-refractivity contribution in [3.8, 4) is 11.5 Å². The van der Waals surface area contributed by atoms with Crippen molar-refractivity contribution in [2.45, 2.75) is 42.5 Å². The smallest absolute Gasteiger partial charge is 0.328 e. The fourth-order valence-electron chi connectivity index (χ4n) is 3.53. The van der Waals surface area contributed by atoms with Gasteiger partial charge in [0.2, 0.25) is 5.91 Å². The lowest BCUT2D eigenvalue weighted by molar-refractivity contribution is -0.156. The third kappa shape index (κ3) is 3.51. The number of rotatable bonds is 6. The lowest BCUT2D eigenvalue weighted by Gasteiger charge is -2.35. The molecule has 2 fully saturated rings. The number of β-lactam (4-membered cyclic amide) rings is 1. The molecule has 0 bridgehead atoms. The number of hydrazone groups is 1. The summed E-state index contributed by atoms with van der Waals surface area (Å²) in [6, 6.07) is 0.458. The maximum atomic E-state index is 12.7. The quantitative estimate of drug-likeness (QED) is 0.143. The number of nitrogens with zero attached hydrogens (tertiary/aromatic N) is 2. The first-order valence-corrected chi connectivity index (χ1v) is 10.8. The molecular weight excluding hydrogens is 448 g/mol. The largest absolute Gasteiger partial charge is 0.504 e. The molecule has 0 saturated carbocycles. The molecule has 13 nitrogen and oxygen atoms in total. The number of hydrogen-bond acceptors (Lipinski definition) is 9. The Labute approximate surface area is 181 Å². The van der Waals surface area contributed by atoms with Crippen LogP contribution in [0.15, 0.2) is 23.3 Å². The number of phenols is 2. The van der Waals surface area contributed by atoms with Crippen LogP contribution in [0.3, 0.4) is 0 Å². The van der Waals surface area contributed by atoms with Crippen molar-refractivity contribution in [2.75, 3.05) is 0 Å². The number of sulfone groups is 1. The number of carbonyl (C=O) groups is 4. The Morgan fingerprint density at radius 1 is 1.28 bits per heavy atom. The van der Waals surface area contributed by atoms with E-state index >= 15 is 0 Å². The highest BCUT2D eigenvalue weighted by Gasteiger charge is 2.69. The van der Waals surface area contributed by atoms with Crippen molar-refractivity contribution >= 4 is 39.7 Å². The van der Waals surface area contributed by atoms with Gasteiger partial charge in [0.05, 0.1) is 6.42 Å². The van der Waals surface area contributed by atoms with Crippen molar-refractivity contribution in [2.24, 2.45) is 5.10 Å². The average molecular weight is 468 g/mol. The number of carboxylic acid groups (broad SMARTS) is 1. The molecule has 2 aliphatic heterocycles. The molecule has 1 aromatic carbocycles. The van der Waals surface area contributed by atoms with Crippen LogP contribution in [0.5, 0.6) is 11.5 Å². The summed E-state index contributed by atoms with van der Waals surface area (Å²) in [5.41, 5.74) is 2.00. The maximum Gasteiger partial charge on any atom is 0.328 e. The van der Waals surface area contributed by atoms with Crippen molar-refractivity contribution < 1.29 is 42.9 Å². The van der Waals surface area contributed by atoms with Crippen LogP contribution < -0.4 is 10.7 Å². The summed E-state index contributed by atoms with van der Waals surface area (Å²) in [5, 5.41) is 32.8. The zero-order valence-corrected chi connectivity index (χ0v) is 17.7. The number of fused-ring (bicyclic) bond motifs is 1. The molecule has 0 spiro atoms. The van der Waals surface area contributed by atoms with Crippen molar-refractivity contribution in [1.29, 1.82) is 0 Å². The summed E-state index contributed by atoms with van der Waals surface area (Å²) < 4.78 is 23.4. The zero-order chi connectivity index (χ0) is 24.0. The Balaban J connectivity index is 1.69. The van der Waals surface area contributed by atoms with Gasteiger partial charge in [0.1, 0.15) is 16.2 Å². The highest BCUT2D eigenvalue weighted by atomic mass is 32.2. The minimum Gasteiger partial charge on any atom is -0.504 e. The number of aliphatic carboxylic acids is 1. The Kier molecular flexibility index (Phi) is 5.59. The van der Waals surface area contributed by atoms with Gasteiger partial charge in [-0.25, -0.2) is 18.6 Å². The minimum atomic E-state index is -4.13. The van der Waals surface area contributed by atoms with Gasteiger partial charge in [0, 0.05) is 11.8 Å². The number of amides is 3. The molecule has 2 heterocycles. The molecule has 172 valence electrons. The summed E-state index contributed by atoms with van der Waals surface area (Å²) in [6.07, 6.45) is 0.439. The molecule has 1 aromatic rings. The van der Waals surface area contributed by atoms with Crippen LogP contribution in [-0.4, -0.2) is 80.7 Å². The molecule has 0 radical (unpaired) electrons. The molecule has 3 amide bonds. The van der Waals surface area contributed by atoms with Gasteiger partial charge in [-0.15, -0.1) is 0 Å². The van der Waals surface area contributed by atoms with Gasteiger partial charge in [-0.2, -0.15) is 5.10 Å². The van der Waals surface area contributed by atoms with Crippen LogP contribution in [0.2, 0.25) is 0 Å². The van der Waals surface area contributed by atoms with Gasteiger partial charge < -0.3 is 25.5 Å². The van der Waals surface area contributed by atoms with E-state index in [9.17, 15) is 42.9 Å². The van der Waals surface area contributed by atoms with E-state index in [2.05, 4.69) is 10.4 Å². The van der Waals surface area contributed by atoms with E-state index in [1.165, 1.54) is 13.0 Å². The molecule has 14 heteroatoms. The Bertz CT molecular complexity index is 1150. The van der Waals surface area contributed by atoms with E-state index in [4.69, 9.17) is 0 Å². The van der Waals surface area contributed by atoms with Crippen LogP contribution in [0, 0.1) is 0 Å². The maximum absolute atomic E-state index is 12.7. The molecule has 5 N–H and O–H groups in total. The fraction of sp³-hybridized carbons (Fsp3) is 0.389. The van der Waals surface area contributed by atoms with Crippen LogP contribution >= 0.6 is 0 Å². The Hall–Kier alpha value is -3.68. The molecule has 0 aromatic heterocycles. The van der Waals surface area contributed by atoms with Gasteiger partial charge in [0.25, 0.3) is 11.8 Å². The summed E-state index contributed by atoms with van der Waals surface area (Å²) in [7, 11) is -4.13. The van der Waals surface area contributed by atoms with E-state index < -0.39 is 67.2 Å². The topological polar surface area (TPSA) is 203 Å². The van der Waals surface area contributed by atoms with E-state index in [0.717, 1.165) is 30.2 Å². The predicted octanol–water partition coefficient (Wildman–Crippen LogP) is -1.48. The van der Waals surface area contributed by atoms with Gasteiger partial charge in [-0.1, -0.05) is 0 Å². The van der Waals surface area contributed by atoms with Crippen molar-refractivity contribution in [3.05, 3.63) is 23.8 Å². The Morgan fingerprint density at radius 2 is 1.94 bits per heavy atom.